The number of carbonyl (C=O) groups is 1. The summed E-state index contributed by atoms with van der Waals surface area (Å²) in [6.07, 6.45) is -0.537. The van der Waals surface area contributed by atoms with Crippen molar-refractivity contribution in [1.82, 2.24) is 15.2 Å². The smallest absolute Gasteiger partial charge is 0.247 e. The van der Waals surface area contributed by atoms with Crippen molar-refractivity contribution >= 4 is 23.4 Å². The molecular formula is C24H25FN4O2S. The third kappa shape index (κ3) is 4.46. The summed E-state index contributed by atoms with van der Waals surface area (Å²) in [5, 5.41) is 9.26. The van der Waals surface area contributed by atoms with Crippen LogP contribution in [0.5, 0.6) is 5.88 Å². The molecule has 2 heterocycles. The van der Waals surface area contributed by atoms with Gasteiger partial charge in [-0.1, -0.05) is 56.3 Å². The maximum Gasteiger partial charge on any atom is 0.247 e. The van der Waals surface area contributed by atoms with E-state index in [1.165, 1.54) is 23.9 Å². The number of benzene rings is 2. The van der Waals surface area contributed by atoms with Crippen molar-refractivity contribution < 1.29 is 13.9 Å². The maximum atomic E-state index is 13.6. The van der Waals surface area contributed by atoms with Gasteiger partial charge in [-0.25, -0.2) is 4.39 Å². The van der Waals surface area contributed by atoms with Crippen molar-refractivity contribution in [2.24, 2.45) is 5.92 Å². The molecule has 0 saturated carbocycles. The van der Waals surface area contributed by atoms with E-state index in [0.717, 1.165) is 16.9 Å². The highest BCUT2D eigenvalue weighted by molar-refractivity contribution is 7.99. The lowest BCUT2D eigenvalue weighted by Crippen LogP contribution is -2.37. The van der Waals surface area contributed by atoms with Crippen LogP contribution >= 0.6 is 11.8 Å². The molecule has 0 fully saturated rings. The van der Waals surface area contributed by atoms with Gasteiger partial charge in [0.15, 0.2) is 5.69 Å². The average molecular weight is 453 g/mol. The number of amides is 1. The minimum atomic E-state index is -0.814. The Morgan fingerprint density at radius 1 is 1.19 bits per heavy atom. The number of aryl methyl sites for hydroxylation is 1. The van der Waals surface area contributed by atoms with E-state index in [1.54, 1.807) is 24.0 Å². The van der Waals surface area contributed by atoms with Crippen LogP contribution in [-0.4, -0.2) is 26.8 Å². The number of hydrogen-bond donors (Lipinski definition) is 0. The van der Waals surface area contributed by atoms with Gasteiger partial charge in [0.1, 0.15) is 5.82 Å². The number of hydrogen-bond acceptors (Lipinski definition) is 6. The fourth-order valence-electron chi connectivity index (χ4n) is 3.47. The quantitative estimate of drug-likeness (QED) is 0.472. The number of ether oxygens (including phenoxy) is 1. The molecule has 1 aromatic heterocycles. The van der Waals surface area contributed by atoms with E-state index in [2.05, 4.69) is 29.0 Å². The molecule has 2 aromatic carbocycles. The molecule has 0 spiro atoms. The van der Waals surface area contributed by atoms with Crippen LogP contribution in [0.3, 0.4) is 0 Å². The molecule has 1 unspecified atom stereocenters. The van der Waals surface area contributed by atoms with Crippen molar-refractivity contribution in [1.29, 1.82) is 0 Å². The highest BCUT2D eigenvalue weighted by Gasteiger charge is 2.35. The highest BCUT2D eigenvalue weighted by atomic mass is 32.2. The third-order valence-electron chi connectivity index (χ3n) is 5.03. The number of aromatic nitrogens is 3. The van der Waals surface area contributed by atoms with Gasteiger partial charge < -0.3 is 4.74 Å². The van der Waals surface area contributed by atoms with E-state index in [9.17, 15) is 9.18 Å². The molecular weight excluding hydrogens is 427 g/mol. The van der Waals surface area contributed by atoms with Gasteiger partial charge in [0.05, 0.1) is 5.69 Å². The van der Waals surface area contributed by atoms with Crippen molar-refractivity contribution in [3.8, 4) is 17.1 Å². The summed E-state index contributed by atoms with van der Waals surface area (Å²) >= 11 is 1.51. The fourth-order valence-corrected chi connectivity index (χ4v) is 4.19. The van der Waals surface area contributed by atoms with Crippen LogP contribution in [0.15, 0.2) is 47.6 Å². The predicted molar refractivity (Wildman–Crippen MR) is 123 cm³/mol. The highest BCUT2D eigenvalue weighted by Crippen LogP contribution is 2.44. The van der Waals surface area contributed by atoms with Crippen LogP contribution in [0, 0.1) is 18.7 Å². The minimum Gasteiger partial charge on any atom is -0.447 e. The summed E-state index contributed by atoms with van der Waals surface area (Å²) in [6.45, 7) is 8.02. The fraction of sp³-hybridized carbons (Fsp3) is 0.333. The van der Waals surface area contributed by atoms with Gasteiger partial charge >= 0.3 is 0 Å². The molecule has 0 aliphatic carbocycles. The number of fused-ring (bicyclic) bond motifs is 3. The van der Waals surface area contributed by atoms with Crippen molar-refractivity contribution in [2.45, 2.75) is 45.5 Å². The molecule has 1 aliphatic rings. The zero-order valence-corrected chi connectivity index (χ0v) is 19.3. The van der Waals surface area contributed by atoms with E-state index in [0.29, 0.717) is 33.9 Å². The summed E-state index contributed by atoms with van der Waals surface area (Å²) < 4.78 is 20.0. The number of thioether (sulfide) groups is 1. The van der Waals surface area contributed by atoms with Gasteiger partial charge in [0, 0.05) is 23.3 Å². The molecule has 1 atom stereocenters. The molecule has 0 bridgehead atoms. The van der Waals surface area contributed by atoms with Crippen LogP contribution in [-0.2, 0) is 4.79 Å². The second-order valence-electron chi connectivity index (χ2n) is 8.11. The lowest BCUT2D eigenvalue weighted by atomic mass is 10.0. The predicted octanol–water partition coefficient (Wildman–Crippen LogP) is 5.57. The van der Waals surface area contributed by atoms with Gasteiger partial charge in [-0.3, -0.25) is 9.69 Å². The molecule has 0 N–H and O–H groups in total. The standard InChI is InChI=1S/C24H25FN4O2S/c1-5-20(30)29-19-11-6-15(4)12-18(19)21-22(26-24(28-27-21)32-13-14(2)3)31-23(29)16-7-9-17(25)10-8-16/h6-12,14,23H,5,13H2,1-4H3. The zero-order valence-electron chi connectivity index (χ0n) is 18.5. The van der Waals surface area contributed by atoms with E-state index >= 15 is 0 Å². The molecule has 3 aromatic rings. The molecule has 1 amide bonds. The van der Waals surface area contributed by atoms with Crippen LogP contribution in [0.25, 0.3) is 11.3 Å². The summed E-state index contributed by atoms with van der Waals surface area (Å²) in [5.74, 6) is 1.14. The van der Waals surface area contributed by atoms with Crippen LogP contribution in [0.2, 0.25) is 0 Å². The van der Waals surface area contributed by atoms with E-state index in [4.69, 9.17) is 4.74 Å². The Morgan fingerprint density at radius 3 is 2.62 bits per heavy atom. The first-order chi connectivity index (χ1) is 15.4. The molecule has 32 heavy (non-hydrogen) atoms. The topological polar surface area (TPSA) is 68.2 Å². The summed E-state index contributed by atoms with van der Waals surface area (Å²) in [4.78, 5) is 19.4. The Bertz CT molecular complexity index is 1140. The Labute approximate surface area is 191 Å². The Hall–Kier alpha value is -3.00. The first-order valence-electron chi connectivity index (χ1n) is 10.6. The second-order valence-corrected chi connectivity index (χ2v) is 9.10. The molecule has 4 rings (SSSR count). The molecule has 0 radical (unpaired) electrons. The SMILES string of the molecule is CCC(=O)N1c2ccc(C)cc2-c2nnc(SCC(C)C)nc2OC1c1ccc(F)cc1. The lowest BCUT2D eigenvalue weighted by molar-refractivity contribution is -0.120. The van der Waals surface area contributed by atoms with E-state index in [1.807, 2.05) is 25.1 Å². The van der Waals surface area contributed by atoms with Crippen molar-refractivity contribution in [3.05, 3.63) is 59.4 Å². The van der Waals surface area contributed by atoms with Crippen molar-refractivity contribution in [2.75, 3.05) is 10.7 Å². The maximum absolute atomic E-state index is 13.6. The summed E-state index contributed by atoms with van der Waals surface area (Å²) in [6, 6.07) is 11.7. The lowest BCUT2D eigenvalue weighted by Gasteiger charge is -2.30. The number of rotatable bonds is 5. The first-order valence-corrected chi connectivity index (χ1v) is 11.6. The van der Waals surface area contributed by atoms with Crippen LogP contribution in [0.4, 0.5) is 10.1 Å². The molecule has 166 valence electrons. The molecule has 1 aliphatic heterocycles. The van der Waals surface area contributed by atoms with Gasteiger partial charge in [-0.2, -0.15) is 4.98 Å². The van der Waals surface area contributed by atoms with Crippen LogP contribution in [0.1, 0.15) is 44.5 Å². The largest absolute Gasteiger partial charge is 0.447 e. The van der Waals surface area contributed by atoms with Crippen molar-refractivity contribution in [3.63, 3.8) is 0 Å². The summed E-state index contributed by atoms with van der Waals surface area (Å²) in [5.41, 5.74) is 3.53. The number of halogens is 1. The monoisotopic (exact) mass is 452 g/mol. The molecule has 8 heteroatoms. The number of nitrogens with zero attached hydrogens (tertiary/aromatic N) is 4. The molecule has 0 saturated heterocycles. The number of carbonyl (C=O) groups excluding carboxylic acids is 1. The number of anilines is 1. The Morgan fingerprint density at radius 2 is 1.94 bits per heavy atom. The van der Waals surface area contributed by atoms with E-state index < -0.39 is 6.23 Å². The average Bonchev–Trinajstić information content (AvgIpc) is 2.91. The van der Waals surface area contributed by atoms with Gasteiger partial charge in [0.25, 0.3) is 0 Å². The zero-order chi connectivity index (χ0) is 22.8. The Kier molecular flexibility index (Phi) is 6.41. The first kappa shape index (κ1) is 22.2. The minimum absolute atomic E-state index is 0.125. The summed E-state index contributed by atoms with van der Waals surface area (Å²) in [7, 11) is 0. The van der Waals surface area contributed by atoms with Gasteiger partial charge in [-0.15, -0.1) is 10.2 Å². The third-order valence-corrected chi connectivity index (χ3v) is 6.30. The molecule has 6 nitrogen and oxygen atoms in total. The van der Waals surface area contributed by atoms with Gasteiger partial charge in [-0.05, 0) is 37.1 Å². The van der Waals surface area contributed by atoms with E-state index in [-0.39, 0.29) is 18.1 Å². The normalized spacial score (nSPS) is 15.1. The van der Waals surface area contributed by atoms with Crippen LogP contribution < -0.4 is 9.64 Å². The van der Waals surface area contributed by atoms with Gasteiger partial charge in [0.2, 0.25) is 23.2 Å². The Balaban J connectivity index is 1.90. The second kappa shape index (κ2) is 9.24.